The molecule has 4 atom stereocenters. The van der Waals surface area contributed by atoms with Gasteiger partial charge in [0, 0.05) is 25.9 Å². The number of aliphatic hydroxyl groups excluding tert-OH is 2. The number of aliphatic hydroxyl groups is 2. The maximum atomic E-state index is 12.6. The summed E-state index contributed by atoms with van der Waals surface area (Å²) in [6, 6.07) is 4.30. The highest BCUT2D eigenvalue weighted by atomic mass is 32.2. The minimum absolute atomic E-state index is 0.159. The first-order valence-electron chi connectivity index (χ1n) is 9.06. The van der Waals surface area contributed by atoms with Crippen LogP contribution in [-0.2, 0) is 17.7 Å². The predicted molar refractivity (Wildman–Crippen MR) is 106 cm³/mol. The zero-order valence-electron chi connectivity index (χ0n) is 16.2. The summed E-state index contributed by atoms with van der Waals surface area (Å²) in [5.41, 5.74) is 0.614. The summed E-state index contributed by atoms with van der Waals surface area (Å²) in [4.78, 5) is 20.4. The number of carbonyl (C=O) groups is 1. The molecule has 0 aliphatic rings. The van der Waals surface area contributed by atoms with Gasteiger partial charge < -0.3 is 19.9 Å². The topological polar surface area (TPSA) is 173 Å². The van der Waals surface area contributed by atoms with Gasteiger partial charge in [-0.15, -0.1) is 0 Å². The number of anilines is 1. The Bertz CT molecular complexity index is 887. The molecule has 0 aromatic carbocycles. The number of oxazole rings is 1. The van der Waals surface area contributed by atoms with Gasteiger partial charge in [-0.25, -0.2) is 8.51 Å². The Morgan fingerprint density at radius 1 is 1.40 bits per heavy atom. The molecule has 2 rings (SSSR count). The number of carbonyl (C=O) groups excluding carboxylic acids is 1. The molecule has 0 aliphatic heterocycles. The van der Waals surface area contributed by atoms with E-state index in [0.717, 1.165) is 16.1 Å². The van der Waals surface area contributed by atoms with Crippen molar-refractivity contribution in [3.05, 3.63) is 42.0 Å². The SMILES string of the molecule is CN(c1nc(C(=O)NC(Cc2ccncc2)C(O)C(O)CCCC#N)co1)S(=O)O. The Morgan fingerprint density at radius 3 is 2.73 bits per heavy atom. The van der Waals surface area contributed by atoms with Crippen LogP contribution in [-0.4, -0.2) is 60.1 Å². The summed E-state index contributed by atoms with van der Waals surface area (Å²) in [7, 11) is 1.26. The summed E-state index contributed by atoms with van der Waals surface area (Å²) >= 11 is -2.37. The maximum absolute atomic E-state index is 12.6. The molecule has 12 heteroatoms. The van der Waals surface area contributed by atoms with Crippen molar-refractivity contribution in [1.29, 1.82) is 5.26 Å². The number of hydrogen-bond acceptors (Lipinski definition) is 8. The van der Waals surface area contributed by atoms with E-state index in [0.29, 0.717) is 6.42 Å². The molecule has 11 nitrogen and oxygen atoms in total. The first-order valence-corrected chi connectivity index (χ1v) is 10.1. The Labute approximate surface area is 175 Å². The lowest BCUT2D eigenvalue weighted by Gasteiger charge is -2.27. The first kappa shape index (κ1) is 23.4. The molecule has 0 aliphatic carbocycles. The number of pyridine rings is 1. The average molecular weight is 437 g/mol. The molecule has 0 fully saturated rings. The lowest BCUT2D eigenvalue weighted by molar-refractivity contribution is -0.00792. The molecule has 4 N–H and O–H groups in total. The number of nitrogens with zero attached hydrogens (tertiary/aromatic N) is 4. The lowest BCUT2D eigenvalue weighted by Crippen LogP contribution is -2.50. The van der Waals surface area contributed by atoms with Gasteiger partial charge in [-0.2, -0.15) is 10.2 Å². The van der Waals surface area contributed by atoms with Crippen molar-refractivity contribution in [2.75, 3.05) is 11.4 Å². The highest BCUT2D eigenvalue weighted by Gasteiger charge is 2.29. The van der Waals surface area contributed by atoms with E-state index in [4.69, 9.17) is 14.2 Å². The molecule has 162 valence electrons. The molecule has 2 heterocycles. The van der Waals surface area contributed by atoms with E-state index in [2.05, 4.69) is 15.3 Å². The predicted octanol–water partition coefficient (Wildman–Crippen LogP) is 0.399. The number of nitrogens with one attached hydrogen (secondary N) is 1. The summed E-state index contributed by atoms with van der Waals surface area (Å²) in [6.07, 6.45) is 2.74. The van der Waals surface area contributed by atoms with Crippen molar-refractivity contribution in [3.63, 3.8) is 0 Å². The number of rotatable bonds is 11. The Kier molecular flexibility index (Phi) is 8.88. The zero-order valence-corrected chi connectivity index (χ0v) is 17.0. The number of amides is 1. The smallest absolute Gasteiger partial charge is 0.311 e. The lowest BCUT2D eigenvalue weighted by atomic mass is 9.95. The molecule has 0 spiro atoms. The fourth-order valence-electron chi connectivity index (χ4n) is 2.68. The highest BCUT2D eigenvalue weighted by molar-refractivity contribution is 7.80. The normalized spacial score (nSPS) is 14.9. The van der Waals surface area contributed by atoms with Crippen molar-refractivity contribution in [2.24, 2.45) is 0 Å². The molecule has 1 amide bonds. The van der Waals surface area contributed by atoms with Crippen LogP contribution in [0.2, 0.25) is 0 Å². The van der Waals surface area contributed by atoms with Crippen LogP contribution >= 0.6 is 0 Å². The van der Waals surface area contributed by atoms with Crippen molar-refractivity contribution in [1.82, 2.24) is 15.3 Å². The van der Waals surface area contributed by atoms with E-state index in [1.807, 2.05) is 6.07 Å². The molecule has 0 saturated heterocycles. The van der Waals surface area contributed by atoms with Gasteiger partial charge in [0.25, 0.3) is 17.2 Å². The minimum Gasteiger partial charge on any atom is -0.430 e. The molecule has 0 saturated carbocycles. The number of unbranched alkanes of at least 4 members (excludes halogenated alkanes) is 1. The van der Waals surface area contributed by atoms with Crippen LogP contribution in [0.15, 0.2) is 35.2 Å². The maximum Gasteiger partial charge on any atom is 0.311 e. The second-order valence-electron chi connectivity index (χ2n) is 6.49. The van der Waals surface area contributed by atoms with Crippen LogP contribution in [0.1, 0.15) is 35.3 Å². The average Bonchev–Trinajstić information content (AvgIpc) is 3.23. The summed E-state index contributed by atoms with van der Waals surface area (Å²) in [6.45, 7) is 0. The molecular formula is C18H23N5O6S. The summed E-state index contributed by atoms with van der Waals surface area (Å²) in [5.74, 6) is -0.690. The van der Waals surface area contributed by atoms with Gasteiger partial charge in [0.05, 0.1) is 18.2 Å². The van der Waals surface area contributed by atoms with E-state index >= 15 is 0 Å². The molecule has 30 heavy (non-hydrogen) atoms. The Morgan fingerprint density at radius 2 is 2.10 bits per heavy atom. The van der Waals surface area contributed by atoms with Crippen LogP contribution in [0.5, 0.6) is 0 Å². The van der Waals surface area contributed by atoms with Gasteiger partial charge in [-0.3, -0.25) is 14.3 Å². The molecule has 2 aromatic rings. The largest absolute Gasteiger partial charge is 0.430 e. The van der Waals surface area contributed by atoms with Gasteiger partial charge in [0.15, 0.2) is 5.69 Å². The molecule has 4 unspecified atom stereocenters. The third-order valence-corrected chi connectivity index (χ3v) is 4.97. The van der Waals surface area contributed by atoms with Crippen molar-refractivity contribution in [3.8, 4) is 6.07 Å². The van der Waals surface area contributed by atoms with E-state index < -0.39 is 35.4 Å². The first-order chi connectivity index (χ1) is 14.3. The minimum atomic E-state index is -2.37. The molecule has 0 bridgehead atoms. The number of hydrogen-bond donors (Lipinski definition) is 4. The van der Waals surface area contributed by atoms with Gasteiger partial charge in [0.2, 0.25) is 0 Å². The second kappa shape index (κ2) is 11.4. The third kappa shape index (κ3) is 6.60. The summed E-state index contributed by atoms with van der Waals surface area (Å²) < 4.78 is 26.0. The van der Waals surface area contributed by atoms with Gasteiger partial charge >= 0.3 is 6.01 Å². The quantitative estimate of drug-likeness (QED) is 0.286. The fourth-order valence-corrected chi connectivity index (χ4v) is 2.90. The Balaban J connectivity index is 2.14. The van der Waals surface area contributed by atoms with Crippen molar-refractivity contribution >= 4 is 23.2 Å². The molecule has 2 aromatic heterocycles. The van der Waals surface area contributed by atoms with E-state index in [1.165, 1.54) is 7.05 Å². The monoisotopic (exact) mass is 437 g/mol. The van der Waals surface area contributed by atoms with Crippen LogP contribution in [0, 0.1) is 11.3 Å². The fraction of sp³-hybridized carbons (Fsp3) is 0.444. The number of aromatic nitrogens is 2. The van der Waals surface area contributed by atoms with E-state index in [9.17, 15) is 19.2 Å². The van der Waals surface area contributed by atoms with Crippen molar-refractivity contribution < 1.29 is 28.2 Å². The zero-order chi connectivity index (χ0) is 22.1. The van der Waals surface area contributed by atoms with Crippen LogP contribution in [0.25, 0.3) is 0 Å². The molecule has 0 radical (unpaired) electrons. The van der Waals surface area contributed by atoms with Gasteiger partial charge in [0.1, 0.15) is 12.4 Å². The van der Waals surface area contributed by atoms with Crippen LogP contribution < -0.4 is 9.62 Å². The standard InChI is InChI=1S/C18H23N5O6S/c1-23(30(27)28)18-22-14(11-29-18)17(26)21-13(10-12-5-8-20-9-6-12)16(25)15(24)4-2-3-7-19/h5-6,8-9,11,13,15-16,24-25H,2-4,10H2,1H3,(H,21,26)(H,27,28). The summed E-state index contributed by atoms with van der Waals surface area (Å²) in [5, 5.41) is 32.2. The van der Waals surface area contributed by atoms with E-state index in [1.54, 1.807) is 24.5 Å². The van der Waals surface area contributed by atoms with Crippen molar-refractivity contribution in [2.45, 2.75) is 43.9 Å². The number of nitriles is 1. The third-order valence-electron chi connectivity index (χ3n) is 4.34. The van der Waals surface area contributed by atoms with Gasteiger partial charge in [-0.05, 0) is 37.0 Å². The second-order valence-corrected chi connectivity index (χ2v) is 7.50. The molecular weight excluding hydrogens is 414 g/mol. The Hall–Kier alpha value is -2.85. The highest BCUT2D eigenvalue weighted by Crippen LogP contribution is 2.16. The van der Waals surface area contributed by atoms with Crippen LogP contribution in [0.4, 0.5) is 6.01 Å². The van der Waals surface area contributed by atoms with E-state index in [-0.39, 0.29) is 31.0 Å². The van der Waals surface area contributed by atoms with Crippen LogP contribution in [0.3, 0.4) is 0 Å². The van der Waals surface area contributed by atoms with Gasteiger partial charge in [-0.1, -0.05) is 0 Å².